The van der Waals surface area contributed by atoms with Gasteiger partial charge in [0, 0.05) is 15.6 Å². The number of carboxylic acids is 1. The van der Waals surface area contributed by atoms with E-state index in [0.717, 1.165) is 4.90 Å². The Labute approximate surface area is 133 Å². The van der Waals surface area contributed by atoms with Crippen molar-refractivity contribution in [3.05, 3.63) is 59.1 Å². The predicted molar refractivity (Wildman–Crippen MR) is 88.3 cm³/mol. The smallest absolute Gasteiger partial charge is 0.333 e. The van der Waals surface area contributed by atoms with E-state index in [0.29, 0.717) is 16.3 Å². The Morgan fingerprint density at radius 3 is 2.43 bits per heavy atom. The molecule has 2 aromatic rings. The standard InChI is InChI=1S/C16H16ClNO2S/c1-16(15(19)20,11-6-8-14(21-2)9-7-11)18-13-5-3-4-12(17)10-13/h3-10,18H,1-2H3,(H,19,20). The molecule has 0 radical (unpaired) electrons. The second-order valence-corrected chi connectivity index (χ2v) is 6.11. The van der Waals surface area contributed by atoms with Crippen molar-refractivity contribution in [2.75, 3.05) is 11.6 Å². The van der Waals surface area contributed by atoms with Crippen LogP contribution < -0.4 is 5.32 Å². The number of thioether (sulfide) groups is 1. The fraction of sp³-hybridized carbons (Fsp3) is 0.188. The SMILES string of the molecule is CSc1ccc(C(C)(Nc2cccc(Cl)c2)C(=O)O)cc1. The van der Waals surface area contributed by atoms with Gasteiger partial charge in [-0.2, -0.15) is 0 Å². The number of carboxylic acid groups (broad SMARTS) is 1. The molecule has 0 spiro atoms. The second kappa shape index (κ2) is 6.41. The highest BCUT2D eigenvalue weighted by Crippen LogP contribution is 2.29. The van der Waals surface area contributed by atoms with Gasteiger partial charge in [-0.25, -0.2) is 4.79 Å². The van der Waals surface area contributed by atoms with E-state index < -0.39 is 11.5 Å². The summed E-state index contributed by atoms with van der Waals surface area (Å²) >= 11 is 7.57. The lowest BCUT2D eigenvalue weighted by molar-refractivity contribution is -0.142. The van der Waals surface area contributed by atoms with E-state index in [-0.39, 0.29) is 0 Å². The van der Waals surface area contributed by atoms with Crippen LogP contribution in [0.25, 0.3) is 0 Å². The first-order chi connectivity index (χ1) is 9.95. The Balaban J connectivity index is 2.37. The molecular weight excluding hydrogens is 306 g/mol. The summed E-state index contributed by atoms with van der Waals surface area (Å²) in [6, 6.07) is 14.5. The topological polar surface area (TPSA) is 49.3 Å². The minimum Gasteiger partial charge on any atom is -0.479 e. The number of carbonyl (C=O) groups is 1. The molecule has 0 fully saturated rings. The minimum atomic E-state index is -1.22. The van der Waals surface area contributed by atoms with Gasteiger partial charge < -0.3 is 10.4 Å². The van der Waals surface area contributed by atoms with Crippen molar-refractivity contribution < 1.29 is 9.90 Å². The highest BCUT2D eigenvalue weighted by atomic mass is 35.5. The number of halogens is 1. The molecular formula is C16H16ClNO2S. The van der Waals surface area contributed by atoms with E-state index in [1.54, 1.807) is 43.0 Å². The average Bonchev–Trinajstić information content (AvgIpc) is 2.47. The second-order valence-electron chi connectivity index (χ2n) is 4.79. The molecule has 2 N–H and O–H groups in total. The summed E-state index contributed by atoms with van der Waals surface area (Å²) in [7, 11) is 0. The van der Waals surface area contributed by atoms with Crippen LogP contribution in [-0.2, 0) is 10.3 Å². The summed E-state index contributed by atoms with van der Waals surface area (Å²) in [6.45, 7) is 1.64. The summed E-state index contributed by atoms with van der Waals surface area (Å²) in [4.78, 5) is 12.9. The lowest BCUT2D eigenvalue weighted by atomic mass is 9.91. The van der Waals surface area contributed by atoms with Crippen LogP contribution in [0.15, 0.2) is 53.4 Å². The summed E-state index contributed by atoms with van der Waals surface area (Å²) < 4.78 is 0. The number of nitrogens with one attached hydrogen (secondary N) is 1. The molecule has 5 heteroatoms. The summed E-state index contributed by atoms with van der Waals surface area (Å²) in [5, 5.41) is 13.3. The molecule has 110 valence electrons. The Morgan fingerprint density at radius 1 is 1.24 bits per heavy atom. The maximum absolute atomic E-state index is 11.8. The first-order valence-corrected chi connectivity index (χ1v) is 7.97. The van der Waals surface area contributed by atoms with Crippen LogP contribution in [0.2, 0.25) is 5.02 Å². The zero-order valence-electron chi connectivity index (χ0n) is 11.8. The molecule has 0 saturated carbocycles. The molecule has 3 nitrogen and oxygen atoms in total. The van der Waals surface area contributed by atoms with Crippen molar-refractivity contribution in [1.29, 1.82) is 0 Å². The van der Waals surface area contributed by atoms with E-state index in [2.05, 4.69) is 5.32 Å². The van der Waals surface area contributed by atoms with E-state index in [9.17, 15) is 9.90 Å². The molecule has 0 amide bonds. The molecule has 0 aliphatic rings. The quantitative estimate of drug-likeness (QED) is 0.797. The molecule has 0 saturated heterocycles. The van der Waals surface area contributed by atoms with Crippen molar-refractivity contribution >= 4 is 35.0 Å². The number of aliphatic carboxylic acids is 1. The minimum absolute atomic E-state index is 0.561. The summed E-state index contributed by atoms with van der Waals surface area (Å²) in [5.41, 5.74) is 0.135. The van der Waals surface area contributed by atoms with Crippen molar-refractivity contribution in [2.45, 2.75) is 17.4 Å². The van der Waals surface area contributed by atoms with Crippen LogP contribution in [-0.4, -0.2) is 17.3 Å². The van der Waals surface area contributed by atoms with Crippen LogP contribution in [0.4, 0.5) is 5.69 Å². The van der Waals surface area contributed by atoms with Crippen LogP contribution >= 0.6 is 23.4 Å². The lowest BCUT2D eigenvalue weighted by Gasteiger charge is -2.28. The molecule has 0 aliphatic carbocycles. The van der Waals surface area contributed by atoms with Gasteiger partial charge in [-0.05, 0) is 49.1 Å². The van der Waals surface area contributed by atoms with Gasteiger partial charge in [0.2, 0.25) is 0 Å². The Bertz CT molecular complexity index is 645. The van der Waals surface area contributed by atoms with Crippen molar-refractivity contribution in [3.8, 4) is 0 Å². The van der Waals surface area contributed by atoms with Gasteiger partial charge in [0.15, 0.2) is 5.54 Å². The predicted octanol–water partition coefficient (Wildman–Crippen LogP) is 4.47. The van der Waals surface area contributed by atoms with Gasteiger partial charge in [-0.3, -0.25) is 0 Å². The van der Waals surface area contributed by atoms with Crippen LogP contribution in [0.1, 0.15) is 12.5 Å². The first kappa shape index (κ1) is 15.7. The van der Waals surface area contributed by atoms with Crippen LogP contribution in [0.3, 0.4) is 0 Å². The van der Waals surface area contributed by atoms with E-state index in [1.165, 1.54) is 0 Å². The number of anilines is 1. The van der Waals surface area contributed by atoms with Gasteiger partial charge in [-0.1, -0.05) is 29.8 Å². The number of rotatable bonds is 5. The van der Waals surface area contributed by atoms with Crippen LogP contribution in [0.5, 0.6) is 0 Å². The largest absolute Gasteiger partial charge is 0.479 e. The maximum atomic E-state index is 11.8. The third kappa shape index (κ3) is 3.52. The number of hydrogen-bond donors (Lipinski definition) is 2. The lowest BCUT2D eigenvalue weighted by Crippen LogP contribution is -2.40. The molecule has 2 rings (SSSR count). The number of benzene rings is 2. The van der Waals surface area contributed by atoms with Gasteiger partial charge in [0.1, 0.15) is 0 Å². The molecule has 21 heavy (non-hydrogen) atoms. The Kier molecular flexibility index (Phi) is 4.80. The monoisotopic (exact) mass is 321 g/mol. The molecule has 1 unspecified atom stereocenters. The molecule has 0 aromatic heterocycles. The average molecular weight is 322 g/mol. The Hall–Kier alpha value is -1.65. The molecule has 1 atom stereocenters. The highest BCUT2D eigenvalue weighted by molar-refractivity contribution is 7.98. The molecule has 0 aliphatic heterocycles. The zero-order valence-corrected chi connectivity index (χ0v) is 13.3. The van der Waals surface area contributed by atoms with Crippen LogP contribution in [0, 0.1) is 0 Å². The summed E-state index contributed by atoms with van der Waals surface area (Å²) in [6.07, 6.45) is 1.98. The Morgan fingerprint density at radius 2 is 1.90 bits per heavy atom. The van der Waals surface area contributed by atoms with Crippen molar-refractivity contribution in [2.24, 2.45) is 0 Å². The maximum Gasteiger partial charge on any atom is 0.333 e. The van der Waals surface area contributed by atoms with Crippen molar-refractivity contribution in [1.82, 2.24) is 0 Å². The third-order valence-corrected chi connectivity index (χ3v) is 4.29. The molecule has 0 bridgehead atoms. The molecule has 0 heterocycles. The highest BCUT2D eigenvalue weighted by Gasteiger charge is 2.35. The fourth-order valence-corrected chi connectivity index (χ4v) is 2.63. The third-order valence-electron chi connectivity index (χ3n) is 3.31. The summed E-state index contributed by atoms with van der Waals surface area (Å²) in [5.74, 6) is -0.945. The van der Waals surface area contributed by atoms with Gasteiger partial charge in [-0.15, -0.1) is 11.8 Å². The molecule has 2 aromatic carbocycles. The van der Waals surface area contributed by atoms with E-state index in [1.807, 2.05) is 30.5 Å². The number of hydrogen-bond acceptors (Lipinski definition) is 3. The van der Waals surface area contributed by atoms with Gasteiger partial charge in [0.25, 0.3) is 0 Å². The van der Waals surface area contributed by atoms with E-state index in [4.69, 9.17) is 11.6 Å². The first-order valence-electron chi connectivity index (χ1n) is 6.37. The van der Waals surface area contributed by atoms with Gasteiger partial charge >= 0.3 is 5.97 Å². The fourth-order valence-electron chi connectivity index (χ4n) is 2.03. The normalized spacial score (nSPS) is 13.5. The van der Waals surface area contributed by atoms with Gasteiger partial charge in [0.05, 0.1) is 0 Å². The van der Waals surface area contributed by atoms with E-state index >= 15 is 0 Å². The van der Waals surface area contributed by atoms with Crippen molar-refractivity contribution in [3.63, 3.8) is 0 Å². The zero-order chi connectivity index (χ0) is 15.5.